The summed E-state index contributed by atoms with van der Waals surface area (Å²) in [6.07, 6.45) is 4.53. The Morgan fingerprint density at radius 2 is 1.81 bits per heavy atom. The Labute approximate surface area is 165 Å². The van der Waals surface area contributed by atoms with Crippen LogP contribution in [0.4, 0.5) is 5.69 Å². The molecule has 1 aliphatic heterocycles. The maximum Gasteiger partial charge on any atom is 0.270 e. The monoisotopic (exact) mass is 384 g/mol. The molecule has 1 N–H and O–H groups in total. The predicted molar refractivity (Wildman–Crippen MR) is 109 cm³/mol. The fourth-order valence-electron chi connectivity index (χ4n) is 4.05. The van der Waals surface area contributed by atoms with E-state index >= 15 is 0 Å². The Hall–Kier alpha value is -2.04. The zero-order chi connectivity index (χ0) is 18.8. The molecule has 2 atom stereocenters. The molecular weight excluding hydrogens is 360 g/mol. The van der Waals surface area contributed by atoms with Gasteiger partial charge in [-0.05, 0) is 55.7 Å². The van der Waals surface area contributed by atoms with Crippen LogP contribution in [0.5, 0.6) is 5.75 Å². The molecule has 1 heterocycles. The van der Waals surface area contributed by atoms with Crippen LogP contribution < -0.4 is 15.0 Å². The molecule has 0 aromatic heterocycles. The number of hydrogen-bond donors (Lipinski definition) is 1. The molecule has 1 amide bonds. The second-order valence-corrected chi connectivity index (χ2v) is 7.88. The lowest BCUT2D eigenvalue weighted by Gasteiger charge is -2.47. The Bertz CT molecular complexity index is 802. The minimum absolute atomic E-state index is 0.0115. The first kappa shape index (κ1) is 18.3. The van der Waals surface area contributed by atoms with E-state index in [9.17, 15) is 4.79 Å². The van der Waals surface area contributed by atoms with Crippen LogP contribution in [0.2, 0.25) is 5.02 Å². The van der Waals surface area contributed by atoms with Crippen molar-refractivity contribution in [1.29, 1.82) is 0 Å². The molecule has 2 aromatic carbocycles. The van der Waals surface area contributed by atoms with Crippen LogP contribution in [0, 0.1) is 6.92 Å². The van der Waals surface area contributed by atoms with Crippen molar-refractivity contribution < 1.29 is 9.53 Å². The van der Waals surface area contributed by atoms with Crippen molar-refractivity contribution in [3.8, 4) is 5.75 Å². The summed E-state index contributed by atoms with van der Waals surface area (Å²) in [5.74, 6) is 0.686. The lowest BCUT2D eigenvalue weighted by atomic mass is 9.94. The number of nitrogens with one attached hydrogen (secondary N) is 1. The van der Waals surface area contributed by atoms with E-state index in [0.717, 1.165) is 17.8 Å². The number of benzene rings is 2. The van der Waals surface area contributed by atoms with Crippen molar-refractivity contribution in [1.82, 2.24) is 5.32 Å². The molecule has 142 valence electrons. The quantitative estimate of drug-likeness (QED) is 0.753. The van der Waals surface area contributed by atoms with Crippen LogP contribution in [-0.2, 0) is 4.79 Å². The second kappa shape index (κ2) is 7.91. The molecule has 1 saturated carbocycles. The van der Waals surface area contributed by atoms with Gasteiger partial charge in [0.05, 0.1) is 6.04 Å². The molecular formula is C22H25ClN2O2. The maximum atomic E-state index is 12.9. The van der Waals surface area contributed by atoms with Crippen LogP contribution in [0.1, 0.15) is 31.2 Å². The summed E-state index contributed by atoms with van der Waals surface area (Å²) in [6.45, 7) is 2.78. The SMILES string of the molecule is Cc1ccccc1N1C(=O)[C@H](Oc2ccc(Cl)cc2)[C@@H]1CNC1CCCC1. The molecule has 0 unspecified atom stereocenters. The highest BCUT2D eigenvalue weighted by molar-refractivity contribution is 6.30. The third kappa shape index (κ3) is 3.83. The highest BCUT2D eigenvalue weighted by atomic mass is 35.5. The van der Waals surface area contributed by atoms with Crippen molar-refractivity contribution in [2.24, 2.45) is 0 Å². The van der Waals surface area contributed by atoms with Crippen LogP contribution in [-0.4, -0.2) is 30.6 Å². The van der Waals surface area contributed by atoms with E-state index in [2.05, 4.69) is 5.32 Å². The number of anilines is 1. The largest absolute Gasteiger partial charge is 0.478 e. The summed E-state index contributed by atoms with van der Waals surface area (Å²) in [7, 11) is 0. The van der Waals surface area contributed by atoms with E-state index in [4.69, 9.17) is 16.3 Å². The molecule has 5 heteroatoms. The van der Waals surface area contributed by atoms with Crippen molar-refractivity contribution >= 4 is 23.2 Å². The summed E-state index contributed by atoms with van der Waals surface area (Å²) in [5, 5.41) is 4.31. The summed E-state index contributed by atoms with van der Waals surface area (Å²) in [4.78, 5) is 14.8. The Morgan fingerprint density at radius 1 is 1.11 bits per heavy atom. The number of β-lactam (4-membered cyclic amide) rings is 1. The third-order valence-corrected chi connectivity index (χ3v) is 5.84. The van der Waals surface area contributed by atoms with E-state index < -0.39 is 6.10 Å². The molecule has 2 aromatic rings. The highest BCUT2D eigenvalue weighted by Crippen LogP contribution is 2.33. The average Bonchev–Trinajstić information content (AvgIpc) is 3.19. The second-order valence-electron chi connectivity index (χ2n) is 7.44. The molecule has 0 bridgehead atoms. The number of hydrogen-bond acceptors (Lipinski definition) is 3. The topological polar surface area (TPSA) is 41.6 Å². The van der Waals surface area contributed by atoms with Crippen molar-refractivity contribution in [2.45, 2.75) is 50.8 Å². The van der Waals surface area contributed by atoms with Crippen LogP contribution in [0.3, 0.4) is 0 Å². The molecule has 0 spiro atoms. The molecule has 2 aliphatic rings. The average molecular weight is 385 g/mol. The lowest BCUT2D eigenvalue weighted by Crippen LogP contribution is -2.70. The molecule has 4 rings (SSSR count). The molecule has 1 aliphatic carbocycles. The predicted octanol–water partition coefficient (Wildman–Crippen LogP) is 4.34. The standard InChI is InChI=1S/C22H25ClN2O2/c1-15-6-2-5-9-19(15)25-20(14-24-17-7-3-4-8-17)21(22(25)26)27-18-12-10-16(23)11-13-18/h2,5-6,9-13,17,20-21,24H,3-4,7-8,14H2,1H3/t20-,21+/m0/s1. The fourth-order valence-corrected chi connectivity index (χ4v) is 4.18. The summed E-state index contributed by atoms with van der Waals surface area (Å²) in [5.41, 5.74) is 2.07. The Kier molecular flexibility index (Phi) is 5.37. The van der Waals surface area contributed by atoms with Crippen LogP contribution in [0.15, 0.2) is 48.5 Å². The van der Waals surface area contributed by atoms with Gasteiger partial charge in [-0.1, -0.05) is 42.6 Å². The summed E-state index contributed by atoms with van der Waals surface area (Å²) >= 11 is 5.96. The van der Waals surface area contributed by atoms with Gasteiger partial charge in [0.2, 0.25) is 0 Å². The zero-order valence-corrected chi connectivity index (χ0v) is 16.3. The normalized spacial score (nSPS) is 22.7. The van der Waals surface area contributed by atoms with Gasteiger partial charge in [0, 0.05) is 23.3 Å². The number of ether oxygens (including phenoxy) is 1. The van der Waals surface area contributed by atoms with Crippen molar-refractivity contribution in [3.63, 3.8) is 0 Å². The number of halogens is 1. The van der Waals surface area contributed by atoms with Gasteiger partial charge in [0.25, 0.3) is 5.91 Å². The van der Waals surface area contributed by atoms with Gasteiger partial charge >= 0.3 is 0 Å². The number of aryl methyl sites for hydroxylation is 1. The van der Waals surface area contributed by atoms with Gasteiger partial charge < -0.3 is 15.0 Å². The first-order valence-corrected chi connectivity index (χ1v) is 10.1. The van der Waals surface area contributed by atoms with Gasteiger partial charge in [-0.3, -0.25) is 4.79 Å². The van der Waals surface area contributed by atoms with Crippen LogP contribution >= 0.6 is 11.6 Å². The number of carbonyl (C=O) groups excluding carboxylic acids is 1. The van der Waals surface area contributed by atoms with Crippen LogP contribution in [0.25, 0.3) is 0 Å². The Morgan fingerprint density at radius 3 is 2.52 bits per heavy atom. The van der Waals surface area contributed by atoms with Gasteiger partial charge in [-0.15, -0.1) is 0 Å². The molecule has 1 saturated heterocycles. The molecule has 4 nitrogen and oxygen atoms in total. The molecule has 2 fully saturated rings. The first-order valence-electron chi connectivity index (χ1n) is 9.68. The molecule has 0 radical (unpaired) electrons. The summed E-state index contributed by atoms with van der Waals surface area (Å²) < 4.78 is 6.05. The number of rotatable bonds is 6. The number of amides is 1. The lowest BCUT2D eigenvalue weighted by molar-refractivity contribution is -0.134. The smallest absolute Gasteiger partial charge is 0.270 e. The molecule has 27 heavy (non-hydrogen) atoms. The first-order chi connectivity index (χ1) is 13.1. The number of carbonyl (C=O) groups is 1. The minimum Gasteiger partial charge on any atom is -0.478 e. The van der Waals surface area contributed by atoms with E-state index in [0.29, 0.717) is 16.8 Å². The van der Waals surface area contributed by atoms with Gasteiger partial charge in [0.15, 0.2) is 6.10 Å². The van der Waals surface area contributed by atoms with Gasteiger partial charge in [-0.25, -0.2) is 0 Å². The van der Waals surface area contributed by atoms with E-state index in [-0.39, 0.29) is 11.9 Å². The van der Waals surface area contributed by atoms with E-state index in [1.807, 2.05) is 48.2 Å². The third-order valence-electron chi connectivity index (χ3n) is 5.58. The Balaban J connectivity index is 1.52. The van der Waals surface area contributed by atoms with Gasteiger partial charge in [0.1, 0.15) is 5.75 Å². The van der Waals surface area contributed by atoms with E-state index in [1.165, 1.54) is 25.7 Å². The minimum atomic E-state index is -0.473. The summed E-state index contributed by atoms with van der Waals surface area (Å²) in [6, 6.07) is 15.7. The number of nitrogens with zero attached hydrogens (tertiary/aromatic N) is 1. The maximum absolute atomic E-state index is 12.9. The fraction of sp³-hybridized carbons (Fsp3) is 0.409. The van der Waals surface area contributed by atoms with Crippen molar-refractivity contribution in [3.05, 3.63) is 59.1 Å². The van der Waals surface area contributed by atoms with Crippen molar-refractivity contribution in [2.75, 3.05) is 11.4 Å². The van der Waals surface area contributed by atoms with E-state index in [1.54, 1.807) is 12.1 Å². The highest BCUT2D eigenvalue weighted by Gasteiger charge is 2.50. The zero-order valence-electron chi connectivity index (χ0n) is 15.5. The van der Waals surface area contributed by atoms with Gasteiger partial charge in [-0.2, -0.15) is 0 Å². The number of para-hydroxylation sites is 1.